The Morgan fingerprint density at radius 3 is 2.61 bits per heavy atom. The highest BCUT2D eigenvalue weighted by atomic mass is 32.2. The number of nitrogens with zero attached hydrogens (tertiary/aromatic N) is 3. The Hall–Kier alpha value is -1.33. The Kier molecular flexibility index (Phi) is 4.04. The minimum atomic E-state index is 0.898. The van der Waals surface area contributed by atoms with E-state index in [2.05, 4.69) is 40.6 Å². The van der Waals surface area contributed by atoms with Gasteiger partial charge in [0.05, 0.1) is 0 Å². The van der Waals surface area contributed by atoms with E-state index in [1.54, 1.807) is 11.8 Å². The van der Waals surface area contributed by atoms with Crippen molar-refractivity contribution in [2.75, 3.05) is 7.05 Å². The van der Waals surface area contributed by atoms with Crippen LogP contribution in [0.1, 0.15) is 17.0 Å². The average Bonchev–Trinajstić information content (AvgIpc) is 2.65. The molecule has 0 amide bonds. The Balaban J connectivity index is 2.22. The molecule has 0 aliphatic rings. The fourth-order valence-corrected chi connectivity index (χ4v) is 2.62. The molecule has 0 radical (unpaired) electrons. The summed E-state index contributed by atoms with van der Waals surface area (Å²) in [4.78, 5) is 1.23. The topological polar surface area (TPSA) is 42.7 Å². The molecule has 0 aliphatic heterocycles. The zero-order valence-corrected chi connectivity index (χ0v) is 12.0. The molecule has 0 bridgehead atoms. The highest BCUT2D eigenvalue weighted by molar-refractivity contribution is 7.99. The van der Waals surface area contributed by atoms with Crippen molar-refractivity contribution in [2.24, 2.45) is 7.05 Å². The SMILES string of the molecule is CNCc1ccc(Sc2nnc(C)n2C)c(C)c1. The van der Waals surface area contributed by atoms with Crippen molar-refractivity contribution in [1.29, 1.82) is 0 Å². The van der Waals surface area contributed by atoms with Gasteiger partial charge in [0.25, 0.3) is 0 Å². The van der Waals surface area contributed by atoms with Gasteiger partial charge < -0.3 is 9.88 Å². The van der Waals surface area contributed by atoms with Crippen LogP contribution >= 0.6 is 11.8 Å². The van der Waals surface area contributed by atoms with Gasteiger partial charge in [-0.15, -0.1) is 10.2 Å². The maximum atomic E-state index is 4.17. The number of aromatic nitrogens is 3. The van der Waals surface area contributed by atoms with Gasteiger partial charge in [-0.25, -0.2) is 0 Å². The van der Waals surface area contributed by atoms with E-state index in [9.17, 15) is 0 Å². The highest BCUT2D eigenvalue weighted by Gasteiger charge is 2.09. The van der Waals surface area contributed by atoms with E-state index in [4.69, 9.17) is 0 Å². The number of benzene rings is 1. The first-order valence-electron chi connectivity index (χ1n) is 5.90. The highest BCUT2D eigenvalue weighted by Crippen LogP contribution is 2.29. The number of hydrogen-bond acceptors (Lipinski definition) is 4. The van der Waals surface area contributed by atoms with Gasteiger partial charge in [0.1, 0.15) is 5.82 Å². The third kappa shape index (κ3) is 2.73. The molecular weight excluding hydrogens is 244 g/mol. The van der Waals surface area contributed by atoms with Gasteiger partial charge in [0.2, 0.25) is 0 Å². The second-order valence-corrected chi connectivity index (χ2v) is 5.33. The quantitative estimate of drug-likeness (QED) is 0.918. The zero-order valence-electron chi connectivity index (χ0n) is 11.2. The molecule has 1 heterocycles. The largest absolute Gasteiger partial charge is 0.316 e. The van der Waals surface area contributed by atoms with Crippen LogP contribution in [0.25, 0.3) is 0 Å². The minimum Gasteiger partial charge on any atom is -0.316 e. The summed E-state index contributed by atoms with van der Waals surface area (Å²) < 4.78 is 2.01. The summed E-state index contributed by atoms with van der Waals surface area (Å²) in [5.74, 6) is 0.932. The number of aryl methyl sites for hydroxylation is 2. The Bertz CT molecular complexity index is 548. The molecule has 0 unspecified atom stereocenters. The molecule has 0 fully saturated rings. The lowest BCUT2D eigenvalue weighted by atomic mass is 10.1. The van der Waals surface area contributed by atoms with Crippen molar-refractivity contribution in [3.8, 4) is 0 Å². The maximum absolute atomic E-state index is 4.17. The van der Waals surface area contributed by atoms with E-state index in [-0.39, 0.29) is 0 Å². The third-order valence-electron chi connectivity index (χ3n) is 2.87. The lowest BCUT2D eigenvalue weighted by molar-refractivity contribution is 0.765. The monoisotopic (exact) mass is 262 g/mol. The van der Waals surface area contributed by atoms with Crippen LogP contribution < -0.4 is 5.32 Å². The van der Waals surface area contributed by atoms with Gasteiger partial charge in [0.15, 0.2) is 5.16 Å². The number of rotatable bonds is 4. The summed E-state index contributed by atoms with van der Waals surface area (Å²) >= 11 is 1.66. The summed E-state index contributed by atoms with van der Waals surface area (Å²) in [6.07, 6.45) is 0. The maximum Gasteiger partial charge on any atom is 0.195 e. The van der Waals surface area contributed by atoms with E-state index in [1.165, 1.54) is 16.0 Å². The molecule has 4 nitrogen and oxygen atoms in total. The molecule has 1 aromatic heterocycles. The van der Waals surface area contributed by atoms with E-state index >= 15 is 0 Å². The zero-order chi connectivity index (χ0) is 13.1. The lowest BCUT2D eigenvalue weighted by Gasteiger charge is -2.07. The van der Waals surface area contributed by atoms with Crippen molar-refractivity contribution in [3.63, 3.8) is 0 Å². The molecule has 96 valence electrons. The summed E-state index contributed by atoms with van der Waals surface area (Å²) in [7, 11) is 3.95. The van der Waals surface area contributed by atoms with Crippen molar-refractivity contribution >= 4 is 11.8 Å². The van der Waals surface area contributed by atoms with Crippen molar-refractivity contribution in [1.82, 2.24) is 20.1 Å². The van der Waals surface area contributed by atoms with Crippen molar-refractivity contribution in [3.05, 3.63) is 35.2 Å². The van der Waals surface area contributed by atoms with Gasteiger partial charge >= 0.3 is 0 Å². The molecule has 5 heteroatoms. The fraction of sp³-hybridized carbons (Fsp3) is 0.385. The first-order chi connectivity index (χ1) is 8.61. The molecule has 2 aromatic rings. The minimum absolute atomic E-state index is 0.898. The standard InChI is InChI=1S/C13H18N4S/c1-9-7-11(8-14-3)5-6-12(9)18-13-16-15-10(2)17(13)4/h5-7,14H,8H2,1-4H3. The summed E-state index contributed by atoms with van der Waals surface area (Å²) in [5, 5.41) is 12.3. The van der Waals surface area contributed by atoms with Gasteiger partial charge in [-0.3, -0.25) is 0 Å². The molecule has 18 heavy (non-hydrogen) atoms. The Morgan fingerprint density at radius 2 is 2.06 bits per heavy atom. The van der Waals surface area contributed by atoms with Crippen LogP contribution in [0.5, 0.6) is 0 Å². The van der Waals surface area contributed by atoms with E-state index in [0.29, 0.717) is 0 Å². The van der Waals surface area contributed by atoms with E-state index in [1.807, 2.05) is 25.6 Å². The molecule has 0 spiro atoms. The van der Waals surface area contributed by atoms with Gasteiger partial charge in [-0.1, -0.05) is 12.1 Å². The van der Waals surface area contributed by atoms with Crippen LogP contribution in [0.4, 0.5) is 0 Å². The molecule has 0 saturated heterocycles. The fourth-order valence-electron chi connectivity index (χ4n) is 1.72. The first kappa shape index (κ1) is 13.1. The van der Waals surface area contributed by atoms with Crippen molar-refractivity contribution < 1.29 is 0 Å². The van der Waals surface area contributed by atoms with Crippen LogP contribution in [0.15, 0.2) is 28.3 Å². The lowest BCUT2D eigenvalue weighted by Crippen LogP contribution is -2.05. The summed E-state index contributed by atoms with van der Waals surface area (Å²) in [5.41, 5.74) is 2.57. The van der Waals surface area contributed by atoms with Crippen molar-refractivity contribution in [2.45, 2.75) is 30.4 Å². The second-order valence-electron chi connectivity index (χ2n) is 4.32. The van der Waals surface area contributed by atoms with Crippen LogP contribution in [0.3, 0.4) is 0 Å². The van der Waals surface area contributed by atoms with E-state index < -0.39 is 0 Å². The van der Waals surface area contributed by atoms with E-state index in [0.717, 1.165) is 17.5 Å². The Labute approximate surface area is 112 Å². The van der Waals surface area contributed by atoms with Crippen LogP contribution in [0.2, 0.25) is 0 Å². The van der Waals surface area contributed by atoms with Crippen LogP contribution in [-0.4, -0.2) is 21.8 Å². The third-order valence-corrected chi connectivity index (χ3v) is 4.09. The normalized spacial score (nSPS) is 10.9. The Morgan fingerprint density at radius 1 is 1.28 bits per heavy atom. The second kappa shape index (κ2) is 5.54. The molecule has 0 atom stereocenters. The molecule has 2 rings (SSSR count). The molecule has 1 N–H and O–H groups in total. The van der Waals surface area contributed by atoms with Crippen LogP contribution in [-0.2, 0) is 13.6 Å². The van der Waals surface area contributed by atoms with Gasteiger partial charge in [-0.05, 0) is 49.9 Å². The summed E-state index contributed by atoms with van der Waals surface area (Å²) in [6.45, 7) is 4.99. The summed E-state index contributed by atoms with van der Waals surface area (Å²) in [6, 6.07) is 6.51. The predicted octanol–water partition coefficient (Wildman–Crippen LogP) is 2.30. The molecule has 1 aromatic carbocycles. The molecule has 0 saturated carbocycles. The predicted molar refractivity (Wildman–Crippen MR) is 73.8 cm³/mol. The average molecular weight is 262 g/mol. The van der Waals surface area contributed by atoms with Gasteiger partial charge in [0, 0.05) is 18.5 Å². The van der Waals surface area contributed by atoms with Crippen LogP contribution in [0, 0.1) is 13.8 Å². The first-order valence-corrected chi connectivity index (χ1v) is 6.71. The van der Waals surface area contributed by atoms with Gasteiger partial charge in [-0.2, -0.15) is 0 Å². The number of hydrogen-bond donors (Lipinski definition) is 1. The smallest absolute Gasteiger partial charge is 0.195 e. The molecule has 0 aliphatic carbocycles. The number of nitrogens with one attached hydrogen (secondary N) is 1. The molecular formula is C13H18N4S.